The summed E-state index contributed by atoms with van der Waals surface area (Å²) >= 11 is 5.94. The molecule has 0 aliphatic carbocycles. The molecule has 2 bridgehead atoms. The summed E-state index contributed by atoms with van der Waals surface area (Å²) in [6.07, 6.45) is 3.54. The van der Waals surface area contributed by atoms with Crippen LogP contribution in [0, 0.1) is 11.8 Å². The Morgan fingerprint density at radius 1 is 1.25 bits per heavy atom. The fourth-order valence-corrected chi connectivity index (χ4v) is 5.25. The number of carbonyl (C=O) groups is 2. The quantitative estimate of drug-likeness (QED) is 0.681. The van der Waals surface area contributed by atoms with Gasteiger partial charge in [-0.3, -0.25) is 9.59 Å². The van der Waals surface area contributed by atoms with Gasteiger partial charge in [-0.1, -0.05) is 48.0 Å². The predicted molar refractivity (Wildman–Crippen MR) is 120 cm³/mol. The first kappa shape index (κ1) is 21.0. The van der Waals surface area contributed by atoms with Gasteiger partial charge in [-0.25, -0.2) is 0 Å². The predicted octanol–water partition coefficient (Wildman–Crippen LogP) is 3.51. The number of rotatable bonds is 6. The van der Waals surface area contributed by atoms with Gasteiger partial charge in [-0.15, -0.1) is 0 Å². The monoisotopic (exact) mass is 452 g/mol. The normalized spacial score (nSPS) is 28.7. The van der Waals surface area contributed by atoms with Gasteiger partial charge in [-0.2, -0.15) is 0 Å². The smallest absolute Gasteiger partial charge is 0.230 e. The molecule has 3 heterocycles. The van der Waals surface area contributed by atoms with Gasteiger partial charge in [0.1, 0.15) is 11.4 Å². The van der Waals surface area contributed by atoms with Gasteiger partial charge in [0, 0.05) is 11.6 Å². The van der Waals surface area contributed by atoms with E-state index in [-0.39, 0.29) is 24.0 Å². The van der Waals surface area contributed by atoms with Crippen LogP contribution in [-0.2, 0) is 20.9 Å². The summed E-state index contributed by atoms with van der Waals surface area (Å²) in [4.78, 5) is 28.5. The minimum Gasteiger partial charge on any atom is -0.497 e. The van der Waals surface area contributed by atoms with E-state index < -0.39 is 17.4 Å². The van der Waals surface area contributed by atoms with Gasteiger partial charge >= 0.3 is 0 Å². The first-order valence-electron chi connectivity index (χ1n) is 10.8. The van der Waals surface area contributed by atoms with Gasteiger partial charge in [0.15, 0.2) is 0 Å². The van der Waals surface area contributed by atoms with E-state index in [0.717, 1.165) is 16.9 Å². The zero-order valence-corrected chi connectivity index (χ0v) is 18.7. The number of amides is 2. The van der Waals surface area contributed by atoms with Crippen LogP contribution in [0.4, 0.5) is 0 Å². The molecule has 0 radical (unpaired) electrons. The topological polar surface area (TPSA) is 67.9 Å². The molecule has 1 spiro atoms. The third-order valence-electron chi connectivity index (χ3n) is 6.88. The summed E-state index contributed by atoms with van der Waals surface area (Å²) in [7, 11) is 1.63. The molecule has 1 N–H and O–H groups in total. The van der Waals surface area contributed by atoms with Crippen molar-refractivity contribution in [3.63, 3.8) is 0 Å². The van der Waals surface area contributed by atoms with Crippen LogP contribution in [0.2, 0.25) is 5.02 Å². The Bertz CT molecular complexity index is 1070. The van der Waals surface area contributed by atoms with E-state index in [1.54, 1.807) is 19.2 Å². The fourth-order valence-electron chi connectivity index (χ4n) is 5.13. The second kappa shape index (κ2) is 7.94. The Hall–Kier alpha value is -2.83. The average molecular weight is 453 g/mol. The Morgan fingerprint density at radius 3 is 2.66 bits per heavy atom. The number of nitrogens with zero attached hydrogens (tertiary/aromatic N) is 1. The van der Waals surface area contributed by atoms with Crippen molar-refractivity contribution in [1.82, 2.24) is 10.2 Å². The van der Waals surface area contributed by atoms with Crippen LogP contribution in [0.1, 0.15) is 24.1 Å². The molecule has 2 amide bonds. The van der Waals surface area contributed by atoms with Gasteiger partial charge in [0.2, 0.25) is 11.8 Å². The van der Waals surface area contributed by atoms with E-state index in [2.05, 4.69) is 5.32 Å². The summed E-state index contributed by atoms with van der Waals surface area (Å²) in [6.45, 7) is 2.82. The van der Waals surface area contributed by atoms with E-state index in [0.29, 0.717) is 18.1 Å². The number of ether oxygens (including phenoxy) is 2. The largest absolute Gasteiger partial charge is 0.497 e. The molecule has 7 heteroatoms. The van der Waals surface area contributed by atoms with Gasteiger partial charge < -0.3 is 19.7 Å². The molecule has 5 rings (SSSR count). The van der Waals surface area contributed by atoms with Crippen LogP contribution in [0.5, 0.6) is 5.75 Å². The number of carbonyl (C=O) groups excluding carboxylic acids is 2. The number of hydrogen-bond donors (Lipinski definition) is 1. The van der Waals surface area contributed by atoms with Crippen molar-refractivity contribution in [2.45, 2.75) is 31.2 Å². The molecule has 2 aromatic carbocycles. The molecule has 0 aromatic heterocycles. The van der Waals surface area contributed by atoms with E-state index in [1.165, 1.54) is 0 Å². The lowest BCUT2D eigenvalue weighted by atomic mass is 9.77. The second-order valence-corrected chi connectivity index (χ2v) is 9.10. The van der Waals surface area contributed by atoms with E-state index in [9.17, 15) is 9.59 Å². The first-order valence-corrected chi connectivity index (χ1v) is 11.1. The highest BCUT2D eigenvalue weighted by Crippen LogP contribution is 2.53. The molecule has 2 fully saturated rings. The minimum absolute atomic E-state index is 0.0354. The number of benzene rings is 2. The van der Waals surface area contributed by atoms with Crippen molar-refractivity contribution < 1.29 is 19.1 Å². The Kier molecular flexibility index (Phi) is 5.22. The summed E-state index contributed by atoms with van der Waals surface area (Å²) < 4.78 is 11.5. The maximum absolute atomic E-state index is 13.5. The highest BCUT2D eigenvalue weighted by atomic mass is 35.5. The van der Waals surface area contributed by atoms with Gasteiger partial charge in [0.25, 0.3) is 0 Å². The lowest BCUT2D eigenvalue weighted by molar-refractivity contribution is -0.138. The highest BCUT2D eigenvalue weighted by Gasteiger charge is 2.67. The van der Waals surface area contributed by atoms with Crippen LogP contribution >= 0.6 is 11.6 Å². The number of methoxy groups -OCH3 is 1. The zero-order valence-electron chi connectivity index (χ0n) is 18.0. The standard InChI is InChI=1S/C25H25ClN2O4/c1-15(17-5-9-19(31-2)10-6-17)28-14-25-12-11-20(32-25)21(22(25)24(28)30)23(29)27-13-16-3-7-18(26)8-4-16/h3-12,15,20-22H,13-14H2,1-2H3,(H,27,29)/t15-,20+,21+,22+,25+/m0/s1. The van der Waals surface area contributed by atoms with Crippen LogP contribution in [0.15, 0.2) is 60.7 Å². The van der Waals surface area contributed by atoms with Crippen LogP contribution in [-0.4, -0.2) is 42.1 Å². The van der Waals surface area contributed by atoms with Crippen molar-refractivity contribution in [2.75, 3.05) is 13.7 Å². The maximum atomic E-state index is 13.5. The minimum atomic E-state index is -0.731. The molecule has 3 aliphatic heterocycles. The van der Waals surface area contributed by atoms with Crippen molar-refractivity contribution in [2.24, 2.45) is 11.8 Å². The van der Waals surface area contributed by atoms with Gasteiger partial charge in [0.05, 0.1) is 37.6 Å². The molecule has 166 valence electrons. The van der Waals surface area contributed by atoms with E-state index >= 15 is 0 Å². The third kappa shape index (κ3) is 3.38. The molecule has 32 heavy (non-hydrogen) atoms. The molecule has 2 aromatic rings. The zero-order chi connectivity index (χ0) is 22.5. The van der Waals surface area contributed by atoms with Gasteiger partial charge in [-0.05, 0) is 42.3 Å². The number of likely N-dealkylation sites (tertiary alicyclic amines) is 1. The molecule has 0 unspecified atom stereocenters. The van der Waals surface area contributed by atoms with Crippen molar-refractivity contribution >= 4 is 23.4 Å². The lowest BCUT2D eigenvalue weighted by Crippen LogP contribution is -2.44. The van der Waals surface area contributed by atoms with E-state index in [4.69, 9.17) is 21.1 Å². The lowest BCUT2D eigenvalue weighted by Gasteiger charge is -2.28. The Morgan fingerprint density at radius 2 is 1.97 bits per heavy atom. The maximum Gasteiger partial charge on any atom is 0.230 e. The number of hydrogen-bond acceptors (Lipinski definition) is 4. The van der Waals surface area contributed by atoms with E-state index in [1.807, 2.05) is 60.4 Å². The molecular formula is C25H25ClN2O4. The summed E-state index contributed by atoms with van der Waals surface area (Å²) in [6, 6.07) is 14.9. The summed E-state index contributed by atoms with van der Waals surface area (Å²) in [5.74, 6) is -0.469. The summed E-state index contributed by atoms with van der Waals surface area (Å²) in [5, 5.41) is 3.63. The molecular weight excluding hydrogens is 428 g/mol. The third-order valence-corrected chi connectivity index (χ3v) is 7.13. The number of nitrogens with one attached hydrogen (secondary N) is 1. The van der Waals surface area contributed by atoms with Crippen LogP contribution < -0.4 is 10.1 Å². The average Bonchev–Trinajstić information content (AvgIpc) is 3.46. The summed E-state index contributed by atoms with van der Waals surface area (Å²) in [5.41, 5.74) is 1.23. The van der Waals surface area contributed by atoms with Crippen molar-refractivity contribution in [1.29, 1.82) is 0 Å². The molecule has 2 saturated heterocycles. The van der Waals surface area contributed by atoms with Crippen LogP contribution in [0.3, 0.4) is 0 Å². The Balaban J connectivity index is 1.33. The van der Waals surface area contributed by atoms with Crippen molar-refractivity contribution in [3.8, 4) is 5.75 Å². The van der Waals surface area contributed by atoms with Crippen molar-refractivity contribution in [3.05, 3.63) is 76.8 Å². The number of halogens is 1. The number of fused-ring (bicyclic) bond motifs is 1. The SMILES string of the molecule is COc1ccc([C@H](C)N2C[C@@]34C=C[C@@H](O3)[C@@H](C(=O)NCc3ccc(Cl)cc3)[C@@H]4C2=O)cc1. The second-order valence-electron chi connectivity index (χ2n) is 8.66. The molecule has 0 saturated carbocycles. The molecule has 6 nitrogen and oxygen atoms in total. The Labute approximate surface area is 192 Å². The first-order chi connectivity index (χ1) is 15.4. The fraction of sp³-hybridized carbons (Fsp3) is 0.360. The highest BCUT2D eigenvalue weighted by molar-refractivity contribution is 6.30. The molecule has 5 atom stereocenters. The van der Waals surface area contributed by atoms with Crippen LogP contribution in [0.25, 0.3) is 0 Å². The molecule has 3 aliphatic rings.